The van der Waals surface area contributed by atoms with Crippen molar-refractivity contribution in [2.75, 3.05) is 6.61 Å². The first kappa shape index (κ1) is 45.9. The molecule has 0 saturated carbocycles. The number of phenolic OH excluding ortho intramolecular Hbond substituents is 3. The highest BCUT2D eigenvalue weighted by molar-refractivity contribution is 5.61. The van der Waals surface area contributed by atoms with Crippen LogP contribution in [0.5, 0.6) is 69.0 Å². The van der Waals surface area contributed by atoms with Crippen LogP contribution in [-0.4, -0.2) is 38.2 Å². The molecule has 0 spiro atoms. The Morgan fingerprint density at radius 1 is 0.422 bits per heavy atom. The quantitative estimate of drug-likeness (QED) is 0.0311. The van der Waals surface area contributed by atoms with Gasteiger partial charge in [0.25, 0.3) is 0 Å². The molecule has 0 heterocycles. The molecule has 0 aliphatic carbocycles. The second kappa shape index (κ2) is 21.9. The summed E-state index contributed by atoms with van der Waals surface area (Å²) in [6.45, 7) is 18.6. The first-order valence-electron chi connectivity index (χ1n) is 20.6. The molecule has 0 aliphatic heterocycles. The van der Waals surface area contributed by atoms with Gasteiger partial charge in [0, 0.05) is 0 Å². The average molecular weight is 861 g/mol. The zero-order valence-electron chi connectivity index (χ0n) is 35.5. The molecular weight excluding hydrogens is 809 g/mol. The number of rotatable bonds is 23. The molecule has 2 atom stereocenters. The topological polar surface area (TPSA) is 147 Å². The Hall–Kier alpha value is -7.66. The number of aromatic hydroxyl groups is 3. The van der Waals surface area contributed by atoms with Crippen LogP contribution in [0.4, 0.5) is 0 Å². The summed E-state index contributed by atoms with van der Waals surface area (Å²) in [7, 11) is 0. The maximum absolute atomic E-state index is 11.4. The molecule has 0 bridgehead atoms. The van der Waals surface area contributed by atoms with E-state index in [1.165, 1.54) is 6.07 Å². The predicted molar refractivity (Wildman–Crippen MR) is 250 cm³/mol. The Balaban J connectivity index is 1.29. The molecule has 0 fully saturated rings. The van der Waals surface area contributed by atoms with E-state index in [0.717, 1.165) is 28.3 Å². The van der Waals surface area contributed by atoms with Gasteiger partial charge in [0.05, 0.1) is 0 Å². The molecule has 0 aromatic heterocycles. The lowest BCUT2D eigenvalue weighted by Crippen LogP contribution is -2.25. The minimum atomic E-state index is -1.67. The van der Waals surface area contributed by atoms with Crippen molar-refractivity contribution < 1.29 is 49.2 Å². The van der Waals surface area contributed by atoms with Crippen molar-refractivity contribution >= 4 is 0 Å². The van der Waals surface area contributed by atoms with Gasteiger partial charge in [0.2, 0.25) is 17.2 Å². The number of allylic oxidation sites excluding steroid dienone is 5. The molecule has 10 nitrogen and oxygen atoms in total. The SMILES string of the molecule is C=CCc1ccc(Oc2cc(CC=C)cc(OC[C@H](O)[C@@H](O)c3cc(O)c(O)c(Oc4cc(CC=C)cc(Oc5ccc(CC=C)cc5)c4Oc4ccc(CC=C)cc4)c3)c2O)cc1. The van der Waals surface area contributed by atoms with Crippen LogP contribution in [0.1, 0.15) is 39.5 Å². The molecule has 0 unspecified atom stereocenters. The molecule has 64 heavy (non-hydrogen) atoms. The fraction of sp³-hybridized carbons (Fsp3) is 0.148. The van der Waals surface area contributed by atoms with Gasteiger partial charge in [-0.1, -0.05) is 66.8 Å². The highest BCUT2D eigenvalue weighted by Gasteiger charge is 2.26. The molecule has 0 saturated heterocycles. The van der Waals surface area contributed by atoms with E-state index < -0.39 is 30.3 Å². The van der Waals surface area contributed by atoms with Crippen molar-refractivity contribution in [1.82, 2.24) is 0 Å². The molecule has 6 aromatic carbocycles. The average Bonchev–Trinajstić information content (AvgIpc) is 3.28. The smallest absolute Gasteiger partial charge is 0.212 e. The molecule has 10 heteroatoms. The third kappa shape index (κ3) is 11.8. The Labute approximate surface area is 373 Å². The van der Waals surface area contributed by atoms with Crippen LogP contribution >= 0.6 is 0 Å². The van der Waals surface area contributed by atoms with E-state index in [1.54, 1.807) is 72.8 Å². The fourth-order valence-electron chi connectivity index (χ4n) is 6.70. The second-order valence-electron chi connectivity index (χ2n) is 14.9. The summed E-state index contributed by atoms with van der Waals surface area (Å²) in [5.74, 6) is 0.228. The molecule has 0 amide bonds. The van der Waals surface area contributed by atoms with Crippen LogP contribution in [0.15, 0.2) is 172 Å². The van der Waals surface area contributed by atoms with Crippen LogP contribution < -0.4 is 23.7 Å². The number of hydrogen-bond acceptors (Lipinski definition) is 10. The molecule has 5 N–H and O–H groups in total. The van der Waals surface area contributed by atoms with Crippen molar-refractivity contribution in [3.63, 3.8) is 0 Å². The summed E-state index contributed by atoms with van der Waals surface area (Å²) < 4.78 is 31.1. The number of benzene rings is 6. The lowest BCUT2D eigenvalue weighted by Gasteiger charge is -2.22. The number of aliphatic hydroxyl groups excluding tert-OH is 2. The maximum atomic E-state index is 11.4. The standard InChI is InChI=1S/C54H52O10/c1-6-11-35-16-22-41(23-17-35)61-47-29-38(14-9-4)28-46(53(47)59)60-34-45(56)51(57)40-32-44(55)52(58)48(33-40)64-50-31-39(15-10-5)30-49(62-42-24-18-36(12-7-2)19-25-42)54(50)63-43-26-20-37(13-8-3)21-27-43/h6-10,16-33,45,51,55-59H,1-5,11-15,34H2/t45-,51-/m0/s1. The fourth-order valence-corrected chi connectivity index (χ4v) is 6.70. The van der Waals surface area contributed by atoms with E-state index in [0.29, 0.717) is 54.9 Å². The van der Waals surface area contributed by atoms with Gasteiger partial charge in [0.1, 0.15) is 36.1 Å². The Morgan fingerprint density at radius 2 is 0.812 bits per heavy atom. The molecular formula is C54H52O10. The third-order valence-electron chi connectivity index (χ3n) is 9.94. The lowest BCUT2D eigenvalue weighted by molar-refractivity contribution is -0.00966. The highest BCUT2D eigenvalue weighted by atomic mass is 16.5. The minimum absolute atomic E-state index is 0.00513. The van der Waals surface area contributed by atoms with E-state index in [-0.39, 0.29) is 45.8 Å². The Kier molecular flexibility index (Phi) is 15.7. The molecule has 6 aromatic rings. The van der Waals surface area contributed by atoms with Gasteiger partial charge in [-0.2, -0.15) is 0 Å². The minimum Gasteiger partial charge on any atom is -0.504 e. The van der Waals surface area contributed by atoms with Crippen LogP contribution in [0, 0.1) is 0 Å². The van der Waals surface area contributed by atoms with Gasteiger partial charge >= 0.3 is 0 Å². The summed E-state index contributed by atoms with van der Waals surface area (Å²) in [5, 5.41) is 55.9. The molecule has 328 valence electrons. The highest BCUT2D eigenvalue weighted by Crippen LogP contribution is 2.49. The normalized spacial score (nSPS) is 11.7. The molecule has 6 rings (SSSR count). The summed E-state index contributed by atoms with van der Waals surface area (Å²) in [4.78, 5) is 0. The van der Waals surface area contributed by atoms with Gasteiger partial charge in [-0.05, 0) is 138 Å². The zero-order chi connectivity index (χ0) is 45.6. The molecule has 0 aliphatic rings. The first-order chi connectivity index (χ1) is 31.0. The lowest BCUT2D eigenvalue weighted by atomic mass is 10.0. The van der Waals surface area contributed by atoms with E-state index in [2.05, 4.69) is 32.9 Å². The van der Waals surface area contributed by atoms with E-state index in [1.807, 2.05) is 54.6 Å². The number of phenols is 3. The predicted octanol–water partition coefficient (Wildman–Crippen LogP) is 12.1. The summed E-state index contributed by atoms with van der Waals surface area (Å²) in [6, 6.07) is 31.4. The van der Waals surface area contributed by atoms with Gasteiger partial charge in [-0.3, -0.25) is 0 Å². The summed E-state index contributed by atoms with van der Waals surface area (Å²) in [6.07, 6.45) is 8.43. The van der Waals surface area contributed by atoms with Crippen molar-refractivity contribution in [3.05, 3.63) is 206 Å². The van der Waals surface area contributed by atoms with E-state index in [9.17, 15) is 25.5 Å². The second-order valence-corrected chi connectivity index (χ2v) is 14.9. The monoisotopic (exact) mass is 860 g/mol. The van der Waals surface area contributed by atoms with Crippen LogP contribution in [0.25, 0.3) is 0 Å². The van der Waals surface area contributed by atoms with Gasteiger partial charge in [0.15, 0.2) is 34.5 Å². The van der Waals surface area contributed by atoms with Crippen LogP contribution in [-0.2, 0) is 32.1 Å². The maximum Gasteiger partial charge on any atom is 0.212 e. The Morgan fingerprint density at radius 3 is 1.30 bits per heavy atom. The van der Waals surface area contributed by atoms with E-state index >= 15 is 0 Å². The summed E-state index contributed by atoms with van der Waals surface area (Å²) >= 11 is 0. The largest absolute Gasteiger partial charge is 0.504 e. The van der Waals surface area contributed by atoms with Crippen molar-refractivity contribution in [2.24, 2.45) is 0 Å². The van der Waals surface area contributed by atoms with Crippen molar-refractivity contribution in [3.8, 4) is 69.0 Å². The van der Waals surface area contributed by atoms with Gasteiger partial charge in [-0.25, -0.2) is 0 Å². The third-order valence-corrected chi connectivity index (χ3v) is 9.94. The number of hydrogen-bond donors (Lipinski definition) is 5. The van der Waals surface area contributed by atoms with Crippen LogP contribution in [0.3, 0.4) is 0 Å². The van der Waals surface area contributed by atoms with Gasteiger partial charge in [-0.15, -0.1) is 32.9 Å². The van der Waals surface area contributed by atoms with Crippen molar-refractivity contribution in [2.45, 2.75) is 44.3 Å². The number of aliphatic hydroxyl groups is 2. The number of ether oxygens (including phenoxy) is 5. The molecule has 0 radical (unpaired) electrons. The van der Waals surface area contributed by atoms with E-state index in [4.69, 9.17) is 23.7 Å². The van der Waals surface area contributed by atoms with Crippen LogP contribution in [0.2, 0.25) is 0 Å². The van der Waals surface area contributed by atoms with Crippen molar-refractivity contribution in [1.29, 1.82) is 0 Å². The Bertz CT molecular complexity index is 2580. The van der Waals surface area contributed by atoms with Gasteiger partial charge < -0.3 is 49.2 Å². The summed E-state index contributed by atoms with van der Waals surface area (Å²) in [5.41, 5.74) is 4.53. The first-order valence-corrected chi connectivity index (χ1v) is 20.6. The zero-order valence-corrected chi connectivity index (χ0v) is 35.5.